The van der Waals surface area contributed by atoms with Gasteiger partial charge in [-0.15, -0.1) is 0 Å². The Morgan fingerprint density at radius 2 is 1.82 bits per heavy atom. The molecule has 0 heterocycles. The van der Waals surface area contributed by atoms with Crippen molar-refractivity contribution in [3.63, 3.8) is 0 Å². The lowest BCUT2D eigenvalue weighted by atomic mass is 9.93. The van der Waals surface area contributed by atoms with E-state index in [0.29, 0.717) is 12.6 Å². The van der Waals surface area contributed by atoms with E-state index in [0.717, 1.165) is 12.8 Å². The van der Waals surface area contributed by atoms with E-state index >= 15 is 0 Å². The van der Waals surface area contributed by atoms with Gasteiger partial charge in [0.1, 0.15) is 0 Å². The molecule has 1 fully saturated rings. The molecule has 5 heteroatoms. The van der Waals surface area contributed by atoms with Crippen molar-refractivity contribution in [1.29, 1.82) is 0 Å². The summed E-state index contributed by atoms with van der Waals surface area (Å²) < 4.78 is 0. The molecule has 2 N–H and O–H groups in total. The van der Waals surface area contributed by atoms with Crippen molar-refractivity contribution in [1.82, 2.24) is 4.90 Å². The highest BCUT2D eigenvalue weighted by Gasteiger charge is 2.26. The minimum Gasteiger partial charge on any atom is -0.481 e. The highest BCUT2D eigenvalue weighted by Crippen LogP contribution is 2.22. The molecule has 5 nitrogen and oxygen atoms in total. The molecule has 1 unspecified atom stereocenters. The van der Waals surface area contributed by atoms with Crippen LogP contribution >= 0.6 is 0 Å². The normalized spacial score (nSPS) is 19.2. The van der Waals surface area contributed by atoms with E-state index in [9.17, 15) is 9.59 Å². The van der Waals surface area contributed by atoms with Gasteiger partial charge in [-0.25, -0.2) is 0 Å². The van der Waals surface area contributed by atoms with Crippen LogP contribution in [0.1, 0.15) is 38.5 Å². The van der Waals surface area contributed by atoms with Gasteiger partial charge in [0.2, 0.25) is 0 Å². The Hall–Kier alpha value is -1.10. The molecule has 98 valence electrons. The number of carboxylic acid groups (broad SMARTS) is 2. The van der Waals surface area contributed by atoms with Gasteiger partial charge >= 0.3 is 11.9 Å². The predicted octanol–water partition coefficient (Wildman–Crippen LogP) is 1.43. The molecule has 1 aliphatic rings. The number of rotatable bonds is 6. The molecule has 0 amide bonds. The predicted molar refractivity (Wildman–Crippen MR) is 62.9 cm³/mol. The van der Waals surface area contributed by atoms with Crippen LogP contribution in [-0.4, -0.2) is 46.7 Å². The molecule has 0 saturated heterocycles. The van der Waals surface area contributed by atoms with Crippen molar-refractivity contribution in [2.75, 3.05) is 13.6 Å². The second-order valence-electron chi connectivity index (χ2n) is 4.86. The lowest BCUT2D eigenvalue weighted by Crippen LogP contribution is -2.39. The highest BCUT2D eigenvalue weighted by atomic mass is 16.4. The van der Waals surface area contributed by atoms with Crippen molar-refractivity contribution in [3.8, 4) is 0 Å². The van der Waals surface area contributed by atoms with Crippen LogP contribution in [0.25, 0.3) is 0 Å². The summed E-state index contributed by atoms with van der Waals surface area (Å²) in [6.07, 6.45) is 5.51. The van der Waals surface area contributed by atoms with Crippen LogP contribution in [0.3, 0.4) is 0 Å². The average Bonchev–Trinajstić information content (AvgIpc) is 2.28. The van der Waals surface area contributed by atoms with Gasteiger partial charge in [-0.3, -0.25) is 9.59 Å². The van der Waals surface area contributed by atoms with Crippen molar-refractivity contribution < 1.29 is 19.8 Å². The molecule has 0 aliphatic heterocycles. The summed E-state index contributed by atoms with van der Waals surface area (Å²) in [5.74, 6) is -2.87. The summed E-state index contributed by atoms with van der Waals surface area (Å²) >= 11 is 0. The Labute approximate surface area is 101 Å². The van der Waals surface area contributed by atoms with Crippen LogP contribution in [0.2, 0.25) is 0 Å². The lowest BCUT2D eigenvalue weighted by Gasteiger charge is -2.32. The summed E-state index contributed by atoms with van der Waals surface area (Å²) in [7, 11) is 1.90. The van der Waals surface area contributed by atoms with Gasteiger partial charge in [-0.05, 0) is 19.9 Å². The number of hydrogen-bond acceptors (Lipinski definition) is 3. The third kappa shape index (κ3) is 4.73. The molecule has 1 saturated carbocycles. The SMILES string of the molecule is CN(CC(CC(=O)O)C(=O)O)C1CCCCC1. The zero-order chi connectivity index (χ0) is 12.8. The fourth-order valence-corrected chi connectivity index (χ4v) is 2.46. The van der Waals surface area contributed by atoms with Crippen LogP contribution in [0, 0.1) is 5.92 Å². The van der Waals surface area contributed by atoms with Gasteiger partial charge in [0, 0.05) is 12.6 Å². The minimum absolute atomic E-state index is 0.299. The average molecular weight is 243 g/mol. The maximum atomic E-state index is 11.0. The lowest BCUT2D eigenvalue weighted by molar-refractivity contribution is -0.149. The van der Waals surface area contributed by atoms with Gasteiger partial charge in [0.25, 0.3) is 0 Å². The first-order valence-corrected chi connectivity index (χ1v) is 6.15. The van der Waals surface area contributed by atoms with E-state index in [1.807, 2.05) is 11.9 Å². The number of aliphatic carboxylic acids is 2. The molecule has 0 spiro atoms. The largest absolute Gasteiger partial charge is 0.481 e. The van der Waals surface area contributed by atoms with Crippen LogP contribution in [-0.2, 0) is 9.59 Å². The van der Waals surface area contributed by atoms with Gasteiger partial charge in [0.05, 0.1) is 12.3 Å². The number of hydrogen-bond donors (Lipinski definition) is 2. The van der Waals surface area contributed by atoms with E-state index in [-0.39, 0.29) is 6.42 Å². The zero-order valence-electron chi connectivity index (χ0n) is 10.3. The van der Waals surface area contributed by atoms with Crippen molar-refractivity contribution in [3.05, 3.63) is 0 Å². The third-order valence-corrected chi connectivity index (χ3v) is 3.48. The smallest absolute Gasteiger partial charge is 0.308 e. The van der Waals surface area contributed by atoms with E-state index in [1.54, 1.807) is 0 Å². The first-order chi connectivity index (χ1) is 8.00. The van der Waals surface area contributed by atoms with Crippen LogP contribution < -0.4 is 0 Å². The first kappa shape index (κ1) is 14.0. The Morgan fingerprint density at radius 3 is 2.29 bits per heavy atom. The minimum atomic E-state index is -1.05. The standard InChI is InChI=1S/C12H21NO4/c1-13(10-5-3-2-4-6-10)8-9(12(16)17)7-11(14)15/h9-10H,2-8H2,1H3,(H,14,15)(H,16,17). The molecular weight excluding hydrogens is 222 g/mol. The van der Waals surface area contributed by atoms with Crippen LogP contribution in [0.15, 0.2) is 0 Å². The van der Waals surface area contributed by atoms with E-state index in [4.69, 9.17) is 10.2 Å². The molecule has 0 aromatic heterocycles. The molecule has 1 rings (SSSR count). The van der Waals surface area contributed by atoms with Gasteiger partial charge in [-0.1, -0.05) is 19.3 Å². The summed E-state index contributed by atoms with van der Waals surface area (Å²) in [5.41, 5.74) is 0. The summed E-state index contributed by atoms with van der Waals surface area (Å²) in [5, 5.41) is 17.7. The first-order valence-electron chi connectivity index (χ1n) is 6.15. The second-order valence-corrected chi connectivity index (χ2v) is 4.86. The molecule has 17 heavy (non-hydrogen) atoms. The van der Waals surface area contributed by atoms with Gasteiger partial charge < -0.3 is 15.1 Å². The summed E-state index contributed by atoms with van der Waals surface area (Å²) in [6.45, 7) is 0.326. The van der Waals surface area contributed by atoms with Crippen molar-refractivity contribution >= 4 is 11.9 Å². The molecule has 0 radical (unpaired) electrons. The number of carboxylic acids is 2. The maximum Gasteiger partial charge on any atom is 0.308 e. The van der Waals surface area contributed by atoms with Crippen LogP contribution in [0.5, 0.6) is 0 Å². The Kier molecular flexibility index (Phi) is 5.41. The van der Waals surface area contributed by atoms with E-state index in [2.05, 4.69) is 0 Å². The summed E-state index contributed by atoms with van der Waals surface area (Å²) in [6, 6.07) is 0.416. The van der Waals surface area contributed by atoms with Crippen molar-refractivity contribution in [2.45, 2.75) is 44.6 Å². The second kappa shape index (κ2) is 6.59. The molecular formula is C12H21NO4. The molecule has 0 aromatic carbocycles. The Morgan fingerprint density at radius 1 is 1.24 bits per heavy atom. The monoisotopic (exact) mass is 243 g/mol. The topological polar surface area (TPSA) is 77.8 Å². The Balaban J connectivity index is 2.47. The van der Waals surface area contributed by atoms with Gasteiger partial charge in [0.15, 0.2) is 0 Å². The zero-order valence-corrected chi connectivity index (χ0v) is 10.3. The molecule has 1 atom stereocenters. The number of nitrogens with zero attached hydrogens (tertiary/aromatic N) is 1. The van der Waals surface area contributed by atoms with Crippen molar-refractivity contribution in [2.24, 2.45) is 5.92 Å². The van der Waals surface area contributed by atoms with E-state index in [1.165, 1.54) is 19.3 Å². The molecule has 1 aliphatic carbocycles. The summed E-state index contributed by atoms with van der Waals surface area (Å²) in [4.78, 5) is 23.6. The Bertz CT molecular complexity index is 274. The quantitative estimate of drug-likeness (QED) is 0.737. The highest BCUT2D eigenvalue weighted by molar-refractivity contribution is 5.77. The van der Waals surface area contributed by atoms with Gasteiger partial charge in [-0.2, -0.15) is 0 Å². The fourth-order valence-electron chi connectivity index (χ4n) is 2.46. The maximum absolute atomic E-state index is 11.0. The van der Waals surface area contributed by atoms with E-state index < -0.39 is 17.9 Å². The van der Waals surface area contributed by atoms with Crippen LogP contribution in [0.4, 0.5) is 0 Å². The third-order valence-electron chi connectivity index (χ3n) is 3.48. The molecule has 0 bridgehead atoms. The fraction of sp³-hybridized carbons (Fsp3) is 0.833. The molecule has 0 aromatic rings. The number of carbonyl (C=O) groups is 2.